The van der Waals surface area contributed by atoms with Crippen LogP contribution in [0.2, 0.25) is 0 Å². The van der Waals surface area contributed by atoms with Gasteiger partial charge in [0.25, 0.3) is 0 Å². The number of alkyl halides is 4. The summed E-state index contributed by atoms with van der Waals surface area (Å²) in [7, 11) is 0. The summed E-state index contributed by atoms with van der Waals surface area (Å²) >= 11 is 6.05. The molecule has 1 aromatic heterocycles. The zero-order chi connectivity index (χ0) is 12.7. The van der Waals surface area contributed by atoms with Gasteiger partial charge in [0, 0.05) is 12.4 Å². The van der Waals surface area contributed by atoms with Crippen molar-refractivity contribution in [1.82, 2.24) is 10.2 Å². The fourth-order valence-corrected chi connectivity index (χ4v) is 2.00. The van der Waals surface area contributed by atoms with Crippen LogP contribution in [0.3, 0.4) is 0 Å². The van der Waals surface area contributed by atoms with Crippen LogP contribution < -0.4 is 5.32 Å². The van der Waals surface area contributed by atoms with Crippen LogP contribution in [0.1, 0.15) is 30.7 Å². The lowest BCUT2D eigenvalue weighted by Crippen LogP contribution is -2.03. The highest BCUT2D eigenvalue weighted by Crippen LogP contribution is 2.32. The van der Waals surface area contributed by atoms with Gasteiger partial charge >= 0.3 is 6.18 Å². The van der Waals surface area contributed by atoms with Gasteiger partial charge in [0.15, 0.2) is 0 Å². The summed E-state index contributed by atoms with van der Waals surface area (Å²) in [6.45, 7) is 0.606. The number of hydrogen-bond acceptors (Lipinski definition) is 4. The second-order valence-corrected chi connectivity index (χ2v) is 4.80. The van der Waals surface area contributed by atoms with E-state index < -0.39 is 11.2 Å². The molecule has 1 rings (SSSR count). The van der Waals surface area contributed by atoms with Gasteiger partial charge in [0.2, 0.25) is 10.1 Å². The van der Waals surface area contributed by atoms with Gasteiger partial charge < -0.3 is 5.32 Å². The topological polar surface area (TPSA) is 37.8 Å². The van der Waals surface area contributed by atoms with Gasteiger partial charge in [-0.25, -0.2) is 0 Å². The molecule has 0 aliphatic carbocycles. The number of halogens is 4. The molecule has 1 N–H and O–H groups in total. The SMILES string of the molecule is FC(F)(F)c1nnc(NCCCCCCCl)s1. The summed E-state index contributed by atoms with van der Waals surface area (Å²) in [6.07, 6.45) is -0.506. The summed E-state index contributed by atoms with van der Waals surface area (Å²) in [4.78, 5) is 0. The average Bonchev–Trinajstić information content (AvgIpc) is 2.71. The van der Waals surface area contributed by atoms with E-state index in [2.05, 4.69) is 15.5 Å². The molecule has 0 spiro atoms. The number of nitrogens with zero attached hydrogens (tertiary/aromatic N) is 2. The number of hydrogen-bond donors (Lipinski definition) is 1. The molecule has 8 heteroatoms. The molecule has 0 amide bonds. The smallest absolute Gasteiger partial charge is 0.360 e. The molecule has 1 aromatic rings. The first kappa shape index (κ1) is 14.5. The molecular weight excluding hydrogens is 275 g/mol. The Kier molecular flexibility index (Phi) is 5.97. The van der Waals surface area contributed by atoms with E-state index in [1.165, 1.54) is 0 Å². The molecule has 0 unspecified atom stereocenters. The third kappa shape index (κ3) is 5.54. The van der Waals surface area contributed by atoms with Crippen molar-refractivity contribution in [2.45, 2.75) is 31.9 Å². The van der Waals surface area contributed by atoms with E-state index in [1.807, 2.05) is 0 Å². The molecule has 0 saturated heterocycles. The highest BCUT2D eigenvalue weighted by Gasteiger charge is 2.35. The Morgan fingerprint density at radius 2 is 1.82 bits per heavy atom. The summed E-state index contributed by atoms with van der Waals surface area (Å²) in [5.74, 6) is 0.652. The van der Waals surface area contributed by atoms with E-state index in [1.54, 1.807) is 0 Å². The minimum Gasteiger partial charge on any atom is -0.360 e. The maximum atomic E-state index is 12.2. The molecule has 1 heterocycles. The first-order valence-corrected chi connectivity index (χ1v) is 6.59. The highest BCUT2D eigenvalue weighted by atomic mass is 35.5. The van der Waals surface area contributed by atoms with Crippen LogP contribution in [-0.2, 0) is 6.18 Å². The zero-order valence-electron chi connectivity index (χ0n) is 9.06. The molecule has 0 atom stereocenters. The van der Waals surface area contributed by atoms with Crippen molar-refractivity contribution in [1.29, 1.82) is 0 Å². The monoisotopic (exact) mass is 287 g/mol. The number of aromatic nitrogens is 2. The van der Waals surface area contributed by atoms with Crippen molar-refractivity contribution in [2.75, 3.05) is 17.7 Å². The summed E-state index contributed by atoms with van der Waals surface area (Å²) in [6, 6.07) is 0. The number of anilines is 1. The lowest BCUT2D eigenvalue weighted by molar-refractivity contribution is -0.138. The van der Waals surface area contributed by atoms with Gasteiger partial charge in [-0.05, 0) is 12.8 Å². The normalized spacial score (nSPS) is 11.8. The second kappa shape index (κ2) is 7.00. The van der Waals surface area contributed by atoms with Gasteiger partial charge in [-0.3, -0.25) is 0 Å². The molecule has 0 saturated carbocycles. The maximum absolute atomic E-state index is 12.2. The van der Waals surface area contributed by atoms with Crippen molar-refractivity contribution >= 4 is 28.1 Å². The molecule has 0 aliphatic heterocycles. The Morgan fingerprint density at radius 3 is 2.41 bits per heavy atom. The standard InChI is InChI=1S/C9H13ClF3N3S/c10-5-3-1-2-4-6-14-8-16-15-7(17-8)9(11,12)13/h1-6H2,(H,14,16). The van der Waals surface area contributed by atoms with Crippen LogP contribution in [0.25, 0.3) is 0 Å². The van der Waals surface area contributed by atoms with E-state index in [-0.39, 0.29) is 5.13 Å². The van der Waals surface area contributed by atoms with Crippen molar-refractivity contribution < 1.29 is 13.2 Å². The lowest BCUT2D eigenvalue weighted by atomic mass is 10.2. The van der Waals surface area contributed by atoms with Crippen molar-refractivity contribution in [3.8, 4) is 0 Å². The Morgan fingerprint density at radius 1 is 1.12 bits per heavy atom. The molecule has 3 nitrogen and oxygen atoms in total. The molecule has 0 radical (unpaired) electrons. The molecule has 17 heavy (non-hydrogen) atoms. The number of rotatable bonds is 7. The van der Waals surface area contributed by atoms with E-state index in [4.69, 9.17) is 11.6 Å². The van der Waals surface area contributed by atoms with Crippen LogP contribution in [-0.4, -0.2) is 22.6 Å². The summed E-state index contributed by atoms with van der Waals surface area (Å²) < 4.78 is 36.6. The molecule has 98 valence electrons. The van der Waals surface area contributed by atoms with Gasteiger partial charge in [0.1, 0.15) is 0 Å². The maximum Gasteiger partial charge on any atom is 0.445 e. The quantitative estimate of drug-likeness (QED) is 0.613. The fraction of sp³-hybridized carbons (Fsp3) is 0.778. The first-order chi connectivity index (χ1) is 8.04. The van der Waals surface area contributed by atoms with Gasteiger partial charge in [-0.15, -0.1) is 21.8 Å². The van der Waals surface area contributed by atoms with Gasteiger partial charge in [-0.2, -0.15) is 13.2 Å². The Labute approximate surface area is 106 Å². The predicted molar refractivity (Wildman–Crippen MR) is 62.6 cm³/mol. The predicted octanol–water partition coefficient (Wildman–Crippen LogP) is 3.77. The first-order valence-electron chi connectivity index (χ1n) is 5.24. The van der Waals surface area contributed by atoms with Crippen molar-refractivity contribution in [3.05, 3.63) is 5.01 Å². The molecule has 0 aromatic carbocycles. The summed E-state index contributed by atoms with van der Waals surface area (Å²) in [5, 5.41) is 8.64. The largest absolute Gasteiger partial charge is 0.445 e. The van der Waals surface area contributed by atoms with Crippen LogP contribution in [0.5, 0.6) is 0 Å². The number of unbranched alkanes of at least 4 members (excludes halogenated alkanes) is 3. The minimum absolute atomic E-state index is 0.217. The Bertz CT molecular complexity index is 330. The highest BCUT2D eigenvalue weighted by molar-refractivity contribution is 7.15. The fourth-order valence-electron chi connectivity index (χ4n) is 1.18. The van der Waals surface area contributed by atoms with E-state index in [9.17, 15) is 13.2 Å². The number of nitrogens with one attached hydrogen (secondary N) is 1. The van der Waals surface area contributed by atoms with E-state index in [0.717, 1.165) is 25.7 Å². The van der Waals surface area contributed by atoms with Gasteiger partial charge in [-0.1, -0.05) is 24.2 Å². The Hall–Kier alpha value is -0.560. The third-order valence-electron chi connectivity index (χ3n) is 2.00. The molecule has 0 aliphatic rings. The van der Waals surface area contributed by atoms with Crippen LogP contribution >= 0.6 is 22.9 Å². The Balaban J connectivity index is 2.21. The van der Waals surface area contributed by atoms with Crippen molar-refractivity contribution in [2.24, 2.45) is 0 Å². The minimum atomic E-state index is -4.40. The molecule has 0 bridgehead atoms. The lowest BCUT2D eigenvalue weighted by Gasteiger charge is -2.01. The second-order valence-electron chi connectivity index (χ2n) is 3.44. The third-order valence-corrected chi connectivity index (χ3v) is 3.20. The van der Waals surface area contributed by atoms with Crippen LogP contribution in [0.15, 0.2) is 0 Å². The molecular formula is C9H13ClF3N3S. The van der Waals surface area contributed by atoms with Crippen molar-refractivity contribution in [3.63, 3.8) is 0 Å². The van der Waals surface area contributed by atoms with Crippen LogP contribution in [0, 0.1) is 0 Å². The van der Waals surface area contributed by atoms with E-state index in [0.29, 0.717) is 23.8 Å². The summed E-state index contributed by atoms with van der Waals surface area (Å²) in [5.41, 5.74) is 0. The van der Waals surface area contributed by atoms with Crippen LogP contribution in [0.4, 0.5) is 18.3 Å². The van der Waals surface area contributed by atoms with E-state index >= 15 is 0 Å². The van der Waals surface area contributed by atoms with Gasteiger partial charge in [0.05, 0.1) is 0 Å². The zero-order valence-corrected chi connectivity index (χ0v) is 10.6. The molecule has 0 fully saturated rings. The average molecular weight is 288 g/mol.